The van der Waals surface area contributed by atoms with Crippen molar-refractivity contribution in [3.05, 3.63) is 24.2 Å². The summed E-state index contributed by atoms with van der Waals surface area (Å²) in [5.41, 5.74) is 0.564. The molecule has 1 atom stereocenters. The number of carbonyl (C=O) groups excluding carboxylic acids is 1. The molecule has 15 heavy (non-hydrogen) atoms. The van der Waals surface area contributed by atoms with Gasteiger partial charge in [0.1, 0.15) is 6.26 Å². The van der Waals surface area contributed by atoms with Gasteiger partial charge in [0.2, 0.25) is 0 Å². The zero-order valence-electron chi connectivity index (χ0n) is 8.77. The molecule has 0 saturated carbocycles. The van der Waals surface area contributed by atoms with Gasteiger partial charge >= 0.3 is 0 Å². The highest BCUT2D eigenvalue weighted by Gasteiger charge is 2.15. The third-order valence-corrected chi connectivity index (χ3v) is 2.49. The third kappa shape index (κ3) is 3.68. The first kappa shape index (κ1) is 12.3. The van der Waals surface area contributed by atoms with Crippen LogP contribution in [0.3, 0.4) is 0 Å². The fourth-order valence-corrected chi connectivity index (χ4v) is 1.92. The number of alkyl halides is 1. The summed E-state index contributed by atoms with van der Waals surface area (Å²) in [5.74, 6) is -0.0516. The summed E-state index contributed by atoms with van der Waals surface area (Å²) < 4.78 is 9.83. The van der Waals surface area contributed by atoms with Gasteiger partial charge in [-0.3, -0.25) is 4.79 Å². The van der Waals surface area contributed by atoms with Gasteiger partial charge in [0.15, 0.2) is 0 Å². The maximum absolute atomic E-state index is 11.7. The summed E-state index contributed by atoms with van der Waals surface area (Å²) in [6.45, 7) is 1.17. The van der Waals surface area contributed by atoms with Gasteiger partial charge in [-0.15, -0.1) is 0 Å². The molecule has 0 aliphatic carbocycles. The minimum atomic E-state index is -0.0516. The molecule has 1 amide bonds. The Morgan fingerprint density at radius 2 is 2.47 bits per heavy atom. The second-order valence-electron chi connectivity index (χ2n) is 3.25. The standard InChI is InChI=1S/C10H14BrNO3/c1-12(5-9(11)7-14-2)10(13)8-3-4-15-6-8/h3-4,6,9H,5,7H2,1-2H3. The summed E-state index contributed by atoms with van der Waals surface area (Å²) in [6.07, 6.45) is 2.93. The summed E-state index contributed by atoms with van der Waals surface area (Å²) in [7, 11) is 3.38. The molecule has 0 radical (unpaired) electrons. The van der Waals surface area contributed by atoms with Crippen LogP contribution in [0, 0.1) is 0 Å². The highest BCUT2D eigenvalue weighted by molar-refractivity contribution is 9.09. The molecule has 1 unspecified atom stereocenters. The maximum atomic E-state index is 11.7. The normalized spacial score (nSPS) is 12.5. The van der Waals surface area contributed by atoms with E-state index >= 15 is 0 Å². The lowest BCUT2D eigenvalue weighted by molar-refractivity contribution is 0.0783. The Bertz CT molecular complexity index is 300. The molecule has 0 spiro atoms. The topological polar surface area (TPSA) is 42.7 Å². The molecular weight excluding hydrogens is 262 g/mol. The number of amides is 1. The highest BCUT2D eigenvalue weighted by atomic mass is 79.9. The van der Waals surface area contributed by atoms with Crippen LogP contribution in [0.1, 0.15) is 10.4 Å². The maximum Gasteiger partial charge on any atom is 0.256 e. The first-order valence-corrected chi connectivity index (χ1v) is 5.47. The zero-order valence-corrected chi connectivity index (χ0v) is 10.4. The molecular formula is C10H14BrNO3. The van der Waals surface area contributed by atoms with Crippen molar-refractivity contribution in [2.45, 2.75) is 4.83 Å². The minimum absolute atomic E-state index is 0.0516. The van der Waals surface area contributed by atoms with E-state index in [1.165, 1.54) is 12.5 Å². The summed E-state index contributed by atoms with van der Waals surface area (Å²) in [6, 6.07) is 1.65. The predicted molar refractivity (Wildman–Crippen MR) is 60.3 cm³/mol. The third-order valence-electron chi connectivity index (χ3n) is 1.93. The number of hydrogen-bond donors (Lipinski definition) is 0. The van der Waals surface area contributed by atoms with Crippen LogP contribution in [0.15, 0.2) is 23.0 Å². The monoisotopic (exact) mass is 275 g/mol. The van der Waals surface area contributed by atoms with Gasteiger partial charge in [-0.25, -0.2) is 0 Å². The van der Waals surface area contributed by atoms with Crippen molar-refractivity contribution in [2.75, 3.05) is 27.3 Å². The number of methoxy groups -OCH3 is 1. The second kappa shape index (κ2) is 5.92. The summed E-state index contributed by atoms with van der Waals surface area (Å²) >= 11 is 3.43. The fourth-order valence-electron chi connectivity index (χ4n) is 1.22. The molecule has 1 heterocycles. The first-order valence-electron chi connectivity index (χ1n) is 4.55. The van der Waals surface area contributed by atoms with E-state index in [1.807, 2.05) is 0 Å². The van der Waals surface area contributed by atoms with Crippen molar-refractivity contribution in [1.29, 1.82) is 0 Å². The largest absolute Gasteiger partial charge is 0.472 e. The first-order chi connectivity index (χ1) is 7.15. The molecule has 0 saturated heterocycles. The molecule has 1 aromatic rings. The Balaban J connectivity index is 2.47. The van der Waals surface area contributed by atoms with Gasteiger partial charge in [0, 0.05) is 20.7 Å². The fraction of sp³-hybridized carbons (Fsp3) is 0.500. The number of halogens is 1. The number of rotatable bonds is 5. The Kier molecular flexibility index (Phi) is 4.84. The Hall–Kier alpha value is -0.810. The molecule has 84 valence electrons. The van der Waals surface area contributed by atoms with Crippen molar-refractivity contribution in [3.8, 4) is 0 Å². The van der Waals surface area contributed by atoms with Crippen molar-refractivity contribution in [3.63, 3.8) is 0 Å². The van der Waals surface area contributed by atoms with Crippen molar-refractivity contribution in [2.24, 2.45) is 0 Å². The van der Waals surface area contributed by atoms with E-state index in [9.17, 15) is 4.79 Å². The van der Waals surface area contributed by atoms with Crippen LogP contribution in [0.25, 0.3) is 0 Å². The molecule has 5 heteroatoms. The lowest BCUT2D eigenvalue weighted by Crippen LogP contribution is -2.33. The van der Waals surface area contributed by atoms with E-state index in [1.54, 1.807) is 25.1 Å². The molecule has 0 aliphatic heterocycles. The van der Waals surface area contributed by atoms with Crippen LogP contribution in [-0.2, 0) is 4.74 Å². The molecule has 4 nitrogen and oxygen atoms in total. The van der Waals surface area contributed by atoms with Crippen LogP contribution >= 0.6 is 15.9 Å². The van der Waals surface area contributed by atoms with Gasteiger partial charge in [0.25, 0.3) is 5.91 Å². The summed E-state index contributed by atoms with van der Waals surface area (Å²) in [5, 5.41) is 0. The van der Waals surface area contributed by atoms with Crippen molar-refractivity contribution in [1.82, 2.24) is 4.90 Å². The van der Waals surface area contributed by atoms with E-state index < -0.39 is 0 Å². The molecule has 0 N–H and O–H groups in total. The smallest absolute Gasteiger partial charge is 0.256 e. The van der Waals surface area contributed by atoms with E-state index in [0.29, 0.717) is 18.7 Å². The number of carbonyl (C=O) groups is 1. The van der Waals surface area contributed by atoms with E-state index in [2.05, 4.69) is 15.9 Å². The molecule has 0 bridgehead atoms. The van der Waals surface area contributed by atoms with Gasteiger partial charge in [-0.2, -0.15) is 0 Å². The molecule has 1 aromatic heterocycles. The van der Waals surface area contributed by atoms with Crippen LogP contribution in [0.5, 0.6) is 0 Å². The lowest BCUT2D eigenvalue weighted by atomic mass is 10.3. The minimum Gasteiger partial charge on any atom is -0.472 e. The molecule has 0 aliphatic rings. The number of nitrogens with zero attached hydrogens (tertiary/aromatic N) is 1. The van der Waals surface area contributed by atoms with Gasteiger partial charge in [-0.1, -0.05) is 15.9 Å². The SMILES string of the molecule is COCC(Br)CN(C)C(=O)c1ccoc1. The Labute approximate surface area is 97.3 Å². The lowest BCUT2D eigenvalue weighted by Gasteiger charge is -2.19. The quantitative estimate of drug-likeness (QED) is 0.770. The zero-order chi connectivity index (χ0) is 11.3. The van der Waals surface area contributed by atoms with Crippen molar-refractivity contribution >= 4 is 21.8 Å². The second-order valence-corrected chi connectivity index (χ2v) is 4.55. The summed E-state index contributed by atoms with van der Waals surface area (Å²) in [4.78, 5) is 13.5. The molecule has 1 rings (SSSR count). The van der Waals surface area contributed by atoms with Crippen LogP contribution in [-0.4, -0.2) is 42.9 Å². The molecule has 0 fully saturated rings. The van der Waals surface area contributed by atoms with Crippen molar-refractivity contribution < 1.29 is 13.9 Å². The van der Waals surface area contributed by atoms with E-state index in [4.69, 9.17) is 9.15 Å². The van der Waals surface area contributed by atoms with Crippen LogP contribution in [0.4, 0.5) is 0 Å². The highest BCUT2D eigenvalue weighted by Crippen LogP contribution is 2.07. The Morgan fingerprint density at radius 1 is 1.73 bits per heavy atom. The van der Waals surface area contributed by atoms with Crippen LogP contribution in [0.2, 0.25) is 0 Å². The van der Waals surface area contributed by atoms with E-state index in [0.717, 1.165) is 0 Å². The number of ether oxygens (including phenoxy) is 1. The van der Waals surface area contributed by atoms with E-state index in [-0.39, 0.29) is 10.7 Å². The molecule has 0 aromatic carbocycles. The average Bonchev–Trinajstić information content (AvgIpc) is 2.69. The van der Waals surface area contributed by atoms with Gasteiger partial charge in [-0.05, 0) is 6.07 Å². The van der Waals surface area contributed by atoms with Crippen LogP contribution < -0.4 is 0 Å². The average molecular weight is 276 g/mol. The number of furan rings is 1. The van der Waals surface area contributed by atoms with Gasteiger partial charge in [0.05, 0.1) is 23.3 Å². The predicted octanol–water partition coefficient (Wildman–Crippen LogP) is 1.76. The number of hydrogen-bond acceptors (Lipinski definition) is 3. The Morgan fingerprint density at radius 3 is 3.00 bits per heavy atom. The van der Waals surface area contributed by atoms with Gasteiger partial charge < -0.3 is 14.1 Å².